The first-order chi connectivity index (χ1) is 14.7. The van der Waals surface area contributed by atoms with Crippen LogP contribution in [-0.4, -0.2) is 26.0 Å². The summed E-state index contributed by atoms with van der Waals surface area (Å²) in [5.74, 6) is 2.32. The average Bonchev–Trinajstić information content (AvgIpc) is 3.36. The molecule has 30 heavy (non-hydrogen) atoms. The van der Waals surface area contributed by atoms with E-state index in [1.54, 1.807) is 17.8 Å². The lowest BCUT2D eigenvalue weighted by atomic mass is 9.99. The van der Waals surface area contributed by atoms with Crippen molar-refractivity contribution in [2.24, 2.45) is 0 Å². The fourth-order valence-electron chi connectivity index (χ4n) is 4.45. The Morgan fingerprint density at radius 3 is 3.00 bits per heavy atom. The maximum Gasteiger partial charge on any atom is 0.126 e. The number of hydrogen-bond donors (Lipinski definition) is 0. The topological polar surface area (TPSA) is 52.3 Å². The lowest BCUT2D eigenvalue weighted by molar-refractivity contribution is 0.356. The van der Waals surface area contributed by atoms with Gasteiger partial charge in [0.1, 0.15) is 28.7 Å². The number of thioether (sulfide) groups is 1. The summed E-state index contributed by atoms with van der Waals surface area (Å²) in [7, 11) is 0. The maximum atomic E-state index is 14.5. The molecule has 5 heterocycles. The third kappa shape index (κ3) is 2.72. The monoisotopic (exact) mass is 418 g/mol. The van der Waals surface area contributed by atoms with Crippen molar-refractivity contribution in [3.05, 3.63) is 70.9 Å². The summed E-state index contributed by atoms with van der Waals surface area (Å²) in [5, 5.41) is 0.990. The van der Waals surface area contributed by atoms with E-state index in [0.717, 1.165) is 67.9 Å². The molecule has 7 heteroatoms. The summed E-state index contributed by atoms with van der Waals surface area (Å²) >= 11 is 1.70. The lowest BCUT2D eigenvalue weighted by Crippen LogP contribution is -2.06. The second-order valence-corrected chi connectivity index (χ2v) is 8.66. The molecule has 5 nitrogen and oxygen atoms in total. The zero-order chi connectivity index (χ0) is 20.2. The van der Waals surface area contributed by atoms with Gasteiger partial charge in [0.05, 0.1) is 17.8 Å². The van der Waals surface area contributed by atoms with Crippen LogP contribution in [0.15, 0.2) is 41.8 Å². The van der Waals surface area contributed by atoms with E-state index in [1.165, 1.54) is 6.07 Å². The number of aromatic nitrogens is 4. The molecule has 0 fully saturated rings. The van der Waals surface area contributed by atoms with Gasteiger partial charge in [-0.3, -0.25) is 9.38 Å². The van der Waals surface area contributed by atoms with Crippen LogP contribution in [0.4, 0.5) is 4.39 Å². The van der Waals surface area contributed by atoms with Crippen LogP contribution < -0.4 is 4.74 Å². The van der Waals surface area contributed by atoms with Crippen molar-refractivity contribution in [3.8, 4) is 16.9 Å². The molecule has 2 aliphatic rings. The summed E-state index contributed by atoms with van der Waals surface area (Å²) in [5.41, 5.74) is 7.05. The van der Waals surface area contributed by atoms with Crippen LogP contribution in [0.2, 0.25) is 0 Å². The smallest absolute Gasteiger partial charge is 0.126 e. The molecule has 0 aliphatic carbocycles. The highest BCUT2D eigenvalue weighted by molar-refractivity contribution is 7.98. The van der Waals surface area contributed by atoms with E-state index in [0.29, 0.717) is 19.4 Å². The van der Waals surface area contributed by atoms with Crippen LogP contribution in [0.1, 0.15) is 28.3 Å². The Morgan fingerprint density at radius 1 is 1.13 bits per heavy atom. The number of aryl methyl sites for hydroxylation is 2. The zero-order valence-electron chi connectivity index (χ0n) is 16.5. The molecular formula is C23H19FN4OS. The molecule has 6 rings (SSSR count). The number of fused-ring (bicyclic) bond motifs is 3. The van der Waals surface area contributed by atoms with E-state index in [4.69, 9.17) is 14.7 Å². The largest absolute Gasteiger partial charge is 0.493 e. The number of nitrogens with zero attached hydrogens (tertiary/aromatic N) is 4. The summed E-state index contributed by atoms with van der Waals surface area (Å²) < 4.78 is 22.2. The van der Waals surface area contributed by atoms with Crippen molar-refractivity contribution in [1.29, 1.82) is 0 Å². The first-order valence-electron chi connectivity index (χ1n) is 10.1. The summed E-state index contributed by atoms with van der Waals surface area (Å²) in [6.45, 7) is 2.63. The van der Waals surface area contributed by atoms with Crippen molar-refractivity contribution >= 4 is 17.3 Å². The number of hydrogen-bond acceptors (Lipinski definition) is 5. The number of pyridine rings is 1. The number of imidazole rings is 1. The molecule has 0 saturated carbocycles. The van der Waals surface area contributed by atoms with Gasteiger partial charge < -0.3 is 4.74 Å². The Bertz CT molecular complexity index is 1320. The van der Waals surface area contributed by atoms with Crippen LogP contribution >= 0.6 is 11.8 Å². The van der Waals surface area contributed by atoms with Gasteiger partial charge in [-0.25, -0.2) is 14.4 Å². The molecule has 0 spiro atoms. The average molecular weight is 418 g/mol. The van der Waals surface area contributed by atoms with E-state index in [9.17, 15) is 4.39 Å². The third-order valence-corrected chi connectivity index (χ3v) is 6.89. The van der Waals surface area contributed by atoms with Crippen LogP contribution in [0, 0.1) is 12.7 Å². The van der Waals surface area contributed by atoms with Crippen LogP contribution in [0.25, 0.3) is 16.6 Å². The minimum Gasteiger partial charge on any atom is -0.493 e. The van der Waals surface area contributed by atoms with Gasteiger partial charge in [-0.2, -0.15) is 0 Å². The van der Waals surface area contributed by atoms with Crippen LogP contribution in [0.5, 0.6) is 5.75 Å². The van der Waals surface area contributed by atoms with Crippen molar-refractivity contribution in [2.75, 3.05) is 6.61 Å². The first kappa shape index (κ1) is 17.9. The molecular weight excluding hydrogens is 399 g/mol. The highest BCUT2D eigenvalue weighted by atomic mass is 32.2. The minimum atomic E-state index is -0.165. The van der Waals surface area contributed by atoms with E-state index in [-0.39, 0.29) is 5.82 Å². The lowest BCUT2D eigenvalue weighted by Gasteiger charge is -2.12. The van der Waals surface area contributed by atoms with E-state index >= 15 is 0 Å². The summed E-state index contributed by atoms with van der Waals surface area (Å²) in [4.78, 5) is 14.1. The number of ether oxygens (including phenoxy) is 1. The molecule has 4 aromatic rings. The predicted octanol–water partition coefficient (Wildman–Crippen LogP) is 4.56. The molecule has 1 aromatic carbocycles. The number of rotatable bonds is 3. The third-order valence-electron chi connectivity index (χ3n) is 5.90. The van der Waals surface area contributed by atoms with Crippen molar-refractivity contribution < 1.29 is 9.13 Å². The fourth-order valence-corrected chi connectivity index (χ4v) is 5.41. The van der Waals surface area contributed by atoms with Crippen LogP contribution in [-0.2, 0) is 25.0 Å². The van der Waals surface area contributed by atoms with Gasteiger partial charge in [-0.15, -0.1) is 0 Å². The van der Waals surface area contributed by atoms with Crippen molar-refractivity contribution in [2.45, 2.75) is 37.0 Å². The Morgan fingerprint density at radius 2 is 2.07 bits per heavy atom. The van der Waals surface area contributed by atoms with E-state index in [1.807, 2.05) is 25.5 Å². The molecule has 0 saturated heterocycles. The highest BCUT2D eigenvalue weighted by Gasteiger charge is 2.23. The Hall–Kier alpha value is -2.93. The van der Waals surface area contributed by atoms with Gasteiger partial charge in [0.25, 0.3) is 0 Å². The van der Waals surface area contributed by atoms with Gasteiger partial charge >= 0.3 is 0 Å². The molecule has 0 N–H and O–H groups in total. The Labute approximate surface area is 177 Å². The van der Waals surface area contributed by atoms with Gasteiger partial charge in [0.2, 0.25) is 0 Å². The fraction of sp³-hybridized carbons (Fsp3) is 0.261. The highest BCUT2D eigenvalue weighted by Crippen LogP contribution is 2.39. The summed E-state index contributed by atoms with van der Waals surface area (Å²) in [6, 6.07) is 7.40. The molecule has 2 aliphatic heterocycles. The number of halogens is 1. The molecule has 0 amide bonds. The van der Waals surface area contributed by atoms with Crippen molar-refractivity contribution in [1.82, 2.24) is 19.4 Å². The first-order valence-corrected chi connectivity index (χ1v) is 11.1. The second-order valence-electron chi connectivity index (χ2n) is 7.69. The minimum absolute atomic E-state index is 0.165. The van der Waals surface area contributed by atoms with E-state index < -0.39 is 0 Å². The molecule has 0 bridgehead atoms. The van der Waals surface area contributed by atoms with Crippen LogP contribution in [0.3, 0.4) is 0 Å². The normalized spacial score (nSPS) is 14.3. The zero-order valence-corrected chi connectivity index (χ0v) is 17.3. The molecule has 0 radical (unpaired) electrons. The van der Waals surface area contributed by atoms with Gasteiger partial charge in [-0.1, -0.05) is 17.8 Å². The quantitative estimate of drug-likeness (QED) is 0.488. The molecule has 150 valence electrons. The maximum absolute atomic E-state index is 14.5. The van der Waals surface area contributed by atoms with Gasteiger partial charge in [-0.05, 0) is 37.1 Å². The SMILES string of the molecule is Cc1ccc2c(n1)CSc1ncn3c(CCc4c(F)ccc5c4CCO5)ncc-2c13. The molecule has 3 aromatic heterocycles. The van der Waals surface area contributed by atoms with Crippen molar-refractivity contribution in [3.63, 3.8) is 0 Å². The number of benzene rings is 1. The summed E-state index contributed by atoms with van der Waals surface area (Å²) in [6.07, 6.45) is 5.73. The molecule has 0 atom stereocenters. The predicted molar refractivity (Wildman–Crippen MR) is 114 cm³/mol. The van der Waals surface area contributed by atoms with Gasteiger partial charge in [0.15, 0.2) is 0 Å². The van der Waals surface area contributed by atoms with Gasteiger partial charge in [0, 0.05) is 47.2 Å². The standard InChI is InChI=1S/C23H19FN4OS/c1-13-2-3-15-17-10-25-21(28-12-26-23(22(17)28)30-11-19(15)27-13)7-4-14-16-8-9-29-20(16)6-5-18(14)24/h2-3,5-6,10,12H,4,7-9,11H2,1H3. The molecule has 0 unspecified atom stereocenters. The second kappa shape index (κ2) is 6.80. The Balaban J connectivity index is 1.41. The van der Waals surface area contributed by atoms with E-state index in [2.05, 4.69) is 15.5 Å². The Kier molecular flexibility index (Phi) is 4.06.